The molecule has 0 spiro atoms. The fourth-order valence-electron chi connectivity index (χ4n) is 3.79. The zero-order chi connectivity index (χ0) is 21.6. The molecule has 1 N–H and O–H groups in total. The van der Waals surface area contributed by atoms with Gasteiger partial charge in [0.25, 0.3) is 0 Å². The van der Waals surface area contributed by atoms with Crippen molar-refractivity contribution in [3.05, 3.63) is 71.5 Å². The Morgan fingerprint density at radius 1 is 1.10 bits per heavy atom. The van der Waals surface area contributed by atoms with Crippen LogP contribution in [-0.2, 0) is 21.2 Å². The first-order valence-corrected chi connectivity index (χ1v) is 12.0. The Hall–Kier alpha value is -2.25. The van der Waals surface area contributed by atoms with E-state index in [1.54, 1.807) is 12.1 Å². The molecule has 1 heterocycles. The summed E-state index contributed by atoms with van der Waals surface area (Å²) in [5, 5.41) is 2.96. The van der Waals surface area contributed by atoms with Gasteiger partial charge in [0.15, 0.2) is 0 Å². The third kappa shape index (κ3) is 6.12. The minimum absolute atomic E-state index is 0.0760. The molecule has 0 aliphatic carbocycles. The molecule has 0 aromatic heterocycles. The number of hydrogen-bond acceptors (Lipinski definition) is 3. The number of aryl methyl sites for hydroxylation is 1. The van der Waals surface area contributed by atoms with Crippen molar-refractivity contribution >= 4 is 15.9 Å². The van der Waals surface area contributed by atoms with Crippen molar-refractivity contribution in [3.63, 3.8) is 0 Å². The summed E-state index contributed by atoms with van der Waals surface area (Å²) in [4.78, 5) is 12.6. The Bertz CT molecular complexity index is 925. The van der Waals surface area contributed by atoms with Gasteiger partial charge in [-0.2, -0.15) is 0 Å². The summed E-state index contributed by atoms with van der Waals surface area (Å²) in [6, 6.07) is 15.7. The number of nitrogens with one attached hydrogen (secondary N) is 1. The lowest BCUT2D eigenvalue weighted by atomic mass is 9.96. The van der Waals surface area contributed by atoms with Crippen LogP contribution < -0.4 is 5.32 Å². The summed E-state index contributed by atoms with van der Waals surface area (Å²) in [5.41, 5.74) is 1.97. The van der Waals surface area contributed by atoms with Crippen LogP contribution in [0.5, 0.6) is 0 Å². The molecule has 5 nitrogen and oxygen atoms in total. The van der Waals surface area contributed by atoms with E-state index in [1.165, 1.54) is 16.4 Å². The Balaban J connectivity index is 1.45. The van der Waals surface area contributed by atoms with E-state index in [0.29, 0.717) is 32.4 Å². The van der Waals surface area contributed by atoms with Crippen molar-refractivity contribution in [2.24, 2.45) is 5.92 Å². The smallest absolute Gasteiger partial charge is 0.223 e. The van der Waals surface area contributed by atoms with Gasteiger partial charge in [0.2, 0.25) is 15.9 Å². The van der Waals surface area contributed by atoms with Gasteiger partial charge >= 0.3 is 0 Å². The molecular weight excluding hydrogens is 403 g/mol. The minimum Gasteiger partial charge on any atom is -0.349 e. The van der Waals surface area contributed by atoms with Gasteiger partial charge in [-0.15, -0.1) is 0 Å². The molecule has 1 saturated heterocycles. The quantitative estimate of drug-likeness (QED) is 0.692. The average molecular weight is 433 g/mol. The third-order valence-corrected chi connectivity index (χ3v) is 7.61. The number of nitrogens with zero attached hydrogens (tertiary/aromatic N) is 1. The number of halogens is 1. The van der Waals surface area contributed by atoms with Crippen LogP contribution in [0.2, 0.25) is 0 Å². The minimum atomic E-state index is -3.31. The van der Waals surface area contributed by atoms with Gasteiger partial charge < -0.3 is 5.32 Å². The van der Waals surface area contributed by atoms with Gasteiger partial charge in [-0.3, -0.25) is 4.79 Å². The highest BCUT2D eigenvalue weighted by Gasteiger charge is 2.31. The van der Waals surface area contributed by atoms with Gasteiger partial charge in [-0.25, -0.2) is 17.1 Å². The standard InChI is InChI=1S/C23H29FN2O3S/c1-18(20-9-11-22(24)12-10-20)25-23(27)21-13-15-26(16-14-21)30(28,29)17-5-8-19-6-3-2-4-7-19/h2-4,6-7,9-12,18,21H,5,8,13-17H2,1H3,(H,25,27)/t18-/m0/s1. The first kappa shape index (κ1) is 22.4. The van der Waals surface area contributed by atoms with Crippen molar-refractivity contribution in [2.45, 2.75) is 38.6 Å². The van der Waals surface area contributed by atoms with Crippen LogP contribution in [0.1, 0.15) is 43.4 Å². The van der Waals surface area contributed by atoms with E-state index in [1.807, 2.05) is 37.3 Å². The van der Waals surface area contributed by atoms with Crippen LogP contribution in [0.4, 0.5) is 4.39 Å². The predicted octanol–water partition coefficient (Wildman–Crippen LogP) is 3.68. The van der Waals surface area contributed by atoms with E-state index in [0.717, 1.165) is 17.5 Å². The number of amides is 1. The molecule has 30 heavy (non-hydrogen) atoms. The Morgan fingerprint density at radius 3 is 2.37 bits per heavy atom. The zero-order valence-electron chi connectivity index (χ0n) is 17.3. The molecule has 1 aliphatic rings. The lowest BCUT2D eigenvalue weighted by molar-refractivity contribution is -0.126. The lowest BCUT2D eigenvalue weighted by Gasteiger charge is -2.31. The Kier molecular flexibility index (Phi) is 7.61. The molecule has 0 unspecified atom stereocenters. The van der Waals surface area contributed by atoms with E-state index in [-0.39, 0.29) is 29.4 Å². The maximum atomic E-state index is 13.1. The molecule has 162 valence electrons. The molecule has 0 saturated carbocycles. The summed E-state index contributed by atoms with van der Waals surface area (Å²) < 4.78 is 39.9. The molecule has 7 heteroatoms. The fraction of sp³-hybridized carbons (Fsp3) is 0.435. The van der Waals surface area contributed by atoms with Crippen LogP contribution in [0.3, 0.4) is 0 Å². The topological polar surface area (TPSA) is 66.5 Å². The molecular formula is C23H29FN2O3S. The normalized spacial score (nSPS) is 16.9. The third-order valence-electron chi connectivity index (χ3n) is 5.66. The first-order chi connectivity index (χ1) is 14.3. The van der Waals surface area contributed by atoms with Gasteiger partial charge in [-0.1, -0.05) is 42.5 Å². The van der Waals surface area contributed by atoms with Crippen LogP contribution in [0, 0.1) is 11.7 Å². The monoisotopic (exact) mass is 432 g/mol. The summed E-state index contributed by atoms with van der Waals surface area (Å²) in [7, 11) is -3.31. The second-order valence-electron chi connectivity index (χ2n) is 7.86. The molecule has 0 radical (unpaired) electrons. The van der Waals surface area contributed by atoms with E-state index < -0.39 is 10.0 Å². The van der Waals surface area contributed by atoms with Crippen LogP contribution in [-0.4, -0.2) is 37.5 Å². The second-order valence-corrected chi connectivity index (χ2v) is 9.95. The van der Waals surface area contributed by atoms with Crippen LogP contribution in [0.15, 0.2) is 54.6 Å². The molecule has 1 fully saturated rings. The highest BCUT2D eigenvalue weighted by molar-refractivity contribution is 7.89. The van der Waals surface area contributed by atoms with E-state index in [4.69, 9.17) is 0 Å². The first-order valence-electron chi connectivity index (χ1n) is 10.4. The van der Waals surface area contributed by atoms with E-state index in [9.17, 15) is 17.6 Å². The molecule has 2 aromatic carbocycles. The summed E-state index contributed by atoms with van der Waals surface area (Å²) in [6.45, 7) is 2.60. The Morgan fingerprint density at radius 2 is 1.73 bits per heavy atom. The van der Waals surface area contributed by atoms with E-state index in [2.05, 4.69) is 5.32 Å². The highest BCUT2D eigenvalue weighted by atomic mass is 32.2. The molecule has 2 aromatic rings. The number of sulfonamides is 1. The van der Waals surface area contributed by atoms with Gasteiger partial charge in [-0.05, 0) is 55.9 Å². The molecule has 3 rings (SSSR count). The maximum absolute atomic E-state index is 13.1. The van der Waals surface area contributed by atoms with Crippen LogP contribution >= 0.6 is 0 Å². The number of carbonyl (C=O) groups is 1. The lowest BCUT2D eigenvalue weighted by Crippen LogP contribution is -2.44. The highest BCUT2D eigenvalue weighted by Crippen LogP contribution is 2.22. The SMILES string of the molecule is C[C@H](NC(=O)C1CCN(S(=O)(=O)CCCc2ccccc2)CC1)c1ccc(F)cc1. The predicted molar refractivity (Wildman–Crippen MR) is 116 cm³/mol. The molecule has 1 amide bonds. The summed E-state index contributed by atoms with van der Waals surface area (Å²) in [6.07, 6.45) is 2.35. The number of carbonyl (C=O) groups excluding carboxylic acids is 1. The molecule has 1 atom stereocenters. The molecule has 0 bridgehead atoms. The zero-order valence-corrected chi connectivity index (χ0v) is 18.1. The van der Waals surface area contributed by atoms with Gasteiger partial charge in [0.05, 0.1) is 11.8 Å². The van der Waals surface area contributed by atoms with Crippen molar-refractivity contribution in [2.75, 3.05) is 18.8 Å². The van der Waals surface area contributed by atoms with Crippen molar-refractivity contribution in [1.82, 2.24) is 9.62 Å². The van der Waals surface area contributed by atoms with E-state index >= 15 is 0 Å². The summed E-state index contributed by atoms with van der Waals surface area (Å²) >= 11 is 0. The second kappa shape index (κ2) is 10.2. The number of hydrogen-bond donors (Lipinski definition) is 1. The number of piperidine rings is 1. The number of benzene rings is 2. The van der Waals surface area contributed by atoms with Gasteiger partial charge in [0.1, 0.15) is 5.82 Å². The van der Waals surface area contributed by atoms with Crippen LogP contribution in [0.25, 0.3) is 0 Å². The Labute approximate surface area is 178 Å². The maximum Gasteiger partial charge on any atom is 0.223 e. The summed E-state index contributed by atoms with van der Waals surface area (Å²) in [5.74, 6) is -0.466. The molecule has 1 aliphatic heterocycles. The number of rotatable bonds is 8. The van der Waals surface area contributed by atoms with Crippen molar-refractivity contribution in [1.29, 1.82) is 0 Å². The average Bonchev–Trinajstić information content (AvgIpc) is 2.75. The van der Waals surface area contributed by atoms with Crippen molar-refractivity contribution < 1.29 is 17.6 Å². The largest absolute Gasteiger partial charge is 0.349 e. The fourth-order valence-corrected chi connectivity index (χ4v) is 5.33. The van der Waals surface area contributed by atoms with Gasteiger partial charge in [0, 0.05) is 19.0 Å². The van der Waals surface area contributed by atoms with Crippen molar-refractivity contribution in [3.8, 4) is 0 Å².